The van der Waals surface area contributed by atoms with Gasteiger partial charge in [-0.05, 0) is 31.8 Å². The van der Waals surface area contributed by atoms with Crippen LogP contribution in [-0.2, 0) is 4.79 Å². The summed E-state index contributed by atoms with van der Waals surface area (Å²) in [7, 11) is 1.49. The van der Waals surface area contributed by atoms with Gasteiger partial charge in [0.25, 0.3) is 0 Å². The Bertz CT molecular complexity index is 235. The second-order valence-corrected chi connectivity index (χ2v) is 4.09. The van der Waals surface area contributed by atoms with E-state index in [4.69, 9.17) is 0 Å². The lowest BCUT2D eigenvalue weighted by atomic mass is 9.99. The van der Waals surface area contributed by atoms with Crippen LogP contribution >= 0.6 is 0 Å². The maximum absolute atomic E-state index is 11.3. The van der Waals surface area contributed by atoms with E-state index in [0.717, 1.165) is 31.8 Å². The van der Waals surface area contributed by atoms with Crippen LogP contribution in [0, 0.1) is 5.92 Å². The van der Waals surface area contributed by atoms with E-state index in [9.17, 15) is 9.59 Å². The first kappa shape index (κ1) is 12.0. The fraction of sp³-hybridized carbons (Fsp3) is 0.800. The van der Waals surface area contributed by atoms with Crippen LogP contribution in [-0.4, -0.2) is 43.5 Å². The van der Waals surface area contributed by atoms with Crippen LogP contribution in [0.1, 0.15) is 19.8 Å². The molecule has 0 radical (unpaired) electrons. The third kappa shape index (κ3) is 4.29. The van der Waals surface area contributed by atoms with E-state index < -0.39 is 6.03 Å². The van der Waals surface area contributed by atoms with Crippen LogP contribution in [0.4, 0.5) is 4.79 Å². The summed E-state index contributed by atoms with van der Waals surface area (Å²) in [6.45, 7) is 4.44. The van der Waals surface area contributed by atoms with Crippen molar-refractivity contribution in [1.82, 2.24) is 15.5 Å². The zero-order valence-electron chi connectivity index (χ0n) is 9.38. The van der Waals surface area contributed by atoms with Gasteiger partial charge in [0, 0.05) is 7.05 Å². The molecule has 1 aliphatic rings. The van der Waals surface area contributed by atoms with Crippen LogP contribution in [0.2, 0.25) is 0 Å². The van der Waals surface area contributed by atoms with Crippen LogP contribution < -0.4 is 10.6 Å². The number of carbonyl (C=O) groups is 2. The highest BCUT2D eigenvalue weighted by Crippen LogP contribution is 2.15. The highest BCUT2D eigenvalue weighted by Gasteiger charge is 2.18. The smallest absolute Gasteiger partial charge is 0.321 e. The lowest BCUT2D eigenvalue weighted by Gasteiger charge is -2.29. The fourth-order valence-electron chi connectivity index (χ4n) is 1.65. The molecular formula is C10H19N3O2. The number of imide groups is 1. The lowest BCUT2D eigenvalue weighted by Crippen LogP contribution is -2.45. The fourth-order valence-corrected chi connectivity index (χ4v) is 1.65. The largest absolute Gasteiger partial charge is 0.341 e. The number of rotatable bonds is 2. The molecule has 5 heteroatoms. The summed E-state index contributed by atoms with van der Waals surface area (Å²) in [5.41, 5.74) is 0. The third-order valence-electron chi connectivity index (χ3n) is 2.72. The Hall–Kier alpha value is -1.10. The third-order valence-corrected chi connectivity index (χ3v) is 2.72. The number of urea groups is 1. The highest BCUT2D eigenvalue weighted by molar-refractivity contribution is 5.95. The molecule has 0 aromatic carbocycles. The molecule has 0 spiro atoms. The standard InChI is InChI=1S/C10H19N3O2/c1-8-3-5-13(6-4-8)7-9(14)12-10(15)11-2/h8H,3-7H2,1-2H3,(H2,11,12,14,15). The van der Waals surface area contributed by atoms with E-state index in [1.165, 1.54) is 7.05 Å². The van der Waals surface area contributed by atoms with E-state index in [-0.39, 0.29) is 5.91 Å². The van der Waals surface area contributed by atoms with E-state index >= 15 is 0 Å². The molecule has 0 saturated carbocycles. The average molecular weight is 213 g/mol. The number of nitrogens with zero attached hydrogens (tertiary/aromatic N) is 1. The van der Waals surface area contributed by atoms with Crippen molar-refractivity contribution in [2.24, 2.45) is 5.92 Å². The van der Waals surface area contributed by atoms with Crippen LogP contribution in [0.3, 0.4) is 0 Å². The van der Waals surface area contributed by atoms with E-state index in [1.807, 2.05) is 0 Å². The number of hydrogen-bond donors (Lipinski definition) is 2. The Morgan fingerprint density at radius 1 is 1.33 bits per heavy atom. The second-order valence-electron chi connectivity index (χ2n) is 4.09. The molecule has 1 fully saturated rings. The minimum absolute atomic E-state index is 0.232. The van der Waals surface area contributed by atoms with Gasteiger partial charge in [0.15, 0.2) is 0 Å². The van der Waals surface area contributed by atoms with E-state index in [0.29, 0.717) is 6.54 Å². The molecular weight excluding hydrogens is 194 g/mol. The summed E-state index contributed by atoms with van der Waals surface area (Å²) in [5.74, 6) is 0.521. The lowest BCUT2D eigenvalue weighted by molar-refractivity contribution is -0.121. The molecule has 15 heavy (non-hydrogen) atoms. The van der Waals surface area contributed by atoms with Crippen molar-refractivity contribution in [3.05, 3.63) is 0 Å². The second kappa shape index (κ2) is 5.70. The molecule has 1 heterocycles. The van der Waals surface area contributed by atoms with Crippen molar-refractivity contribution < 1.29 is 9.59 Å². The molecule has 0 aromatic heterocycles. The van der Waals surface area contributed by atoms with Gasteiger partial charge in [-0.2, -0.15) is 0 Å². The molecule has 1 aliphatic heterocycles. The van der Waals surface area contributed by atoms with E-state index in [2.05, 4.69) is 22.5 Å². The number of nitrogens with one attached hydrogen (secondary N) is 2. The minimum Gasteiger partial charge on any atom is -0.341 e. The predicted octanol–water partition coefficient (Wildman–Crippen LogP) is 0.174. The molecule has 1 saturated heterocycles. The molecule has 0 aliphatic carbocycles. The maximum atomic E-state index is 11.3. The number of piperidine rings is 1. The molecule has 5 nitrogen and oxygen atoms in total. The highest BCUT2D eigenvalue weighted by atomic mass is 16.2. The minimum atomic E-state index is -0.439. The van der Waals surface area contributed by atoms with Gasteiger partial charge in [-0.3, -0.25) is 15.0 Å². The summed E-state index contributed by atoms with van der Waals surface area (Å²) in [6, 6.07) is -0.439. The van der Waals surface area contributed by atoms with Gasteiger partial charge in [-0.1, -0.05) is 6.92 Å². The van der Waals surface area contributed by atoms with Gasteiger partial charge in [-0.25, -0.2) is 4.79 Å². The van der Waals surface area contributed by atoms with Crippen LogP contribution in [0.5, 0.6) is 0 Å². The van der Waals surface area contributed by atoms with Crippen molar-refractivity contribution >= 4 is 11.9 Å². The quantitative estimate of drug-likeness (QED) is 0.687. The number of amides is 3. The first-order valence-electron chi connectivity index (χ1n) is 5.35. The summed E-state index contributed by atoms with van der Waals surface area (Å²) in [5, 5.41) is 4.61. The Morgan fingerprint density at radius 3 is 2.47 bits per heavy atom. The topological polar surface area (TPSA) is 61.4 Å². The normalized spacial score (nSPS) is 18.5. The van der Waals surface area contributed by atoms with Crippen LogP contribution in [0.25, 0.3) is 0 Å². The van der Waals surface area contributed by atoms with Gasteiger partial charge >= 0.3 is 6.03 Å². The summed E-state index contributed by atoms with van der Waals surface area (Å²) >= 11 is 0. The molecule has 3 amide bonds. The Morgan fingerprint density at radius 2 is 1.93 bits per heavy atom. The average Bonchev–Trinajstić information content (AvgIpc) is 2.21. The van der Waals surface area contributed by atoms with Gasteiger partial charge in [0.05, 0.1) is 6.54 Å². The predicted molar refractivity (Wildman–Crippen MR) is 57.4 cm³/mol. The number of carbonyl (C=O) groups excluding carboxylic acids is 2. The molecule has 0 atom stereocenters. The SMILES string of the molecule is CNC(=O)NC(=O)CN1CCC(C)CC1. The maximum Gasteiger partial charge on any atom is 0.321 e. The van der Waals surface area contributed by atoms with Crippen molar-refractivity contribution in [1.29, 1.82) is 0 Å². The molecule has 2 N–H and O–H groups in total. The van der Waals surface area contributed by atoms with Crippen molar-refractivity contribution in [2.45, 2.75) is 19.8 Å². The number of hydrogen-bond acceptors (Lipinski definition) is 3. The molecule has 0 aromatic rings. The van der Waals surface area contributed by atoms with Gasteiger partial charge < -0.3 is 5.32 Å². The van der Waals surface area contributed by atoms with Crippen molar-refractivity contribution in [2.75, 3.05) is 26.7 Å². The molecule has 1 rings (SSSR count). The number of likely N-dealkylation sites (tertiary alicyclic amines) is 1. The molecule has 0 bridgehead atoms. The monoisotopic (exact) mass is 213 g/mol. The molecule has 86 valence electrons. The molecule has 0 unspecified atom stereocenters. The summed E-state index contributed by atoms with van der Waals surface area (Å²) in [6.07, 6.45) is 2.26. The summed E-state index contributed by atoms with van der Waals surface area (Å²) < 4.78 is 0. The first-order chi connectivity index (χ1) is 7.11. The van der Waals surface area contributed by atoms with Crippen LogP contribution in [0.15, 0.2) is 0 Å². The Balaban J connectivity index is 2.23. The first-order valence-corrected chi connectivity index (χ1v) is 5.35. The van der Waals surface area contributed by atoms with Gasteiger partial charge in [0.2, 0.25) is 5.91 Å². The van der Waals surface area contributed by atoms with Crippen molar-refractivity contribution in [3.8, 4) is 0 Å². The Kier molecular flexibility index (Phi) is 4.55. The van der Waals surface area contributed by atoms with Gasteiger partial charge in [-0.15, -0.1) is 0 Å². The summed E-state index contributed by atoms with van der Waals surface area (Å²) in [4.78, 5) is 24.3. The zero-order valence-corrected chi connectivity index (χ0v) is 9.38. The zero-order chi connectivity index (χ0) is 11.3. The Labute approximate surface area is 90.2 Å². The van der Waals surface area contributed by atoms with E-state index in [1.54, 1.807) is 0 Å². The van der Waals surface area contributed by atoms with Crippen molar-refractivity contribution in [3.63, 3.8) is 0 Å². The van der Waals surface area contributed by atoms with Gasteiger partial charge in [0.1, 0.15) is 0 Å².